The molecule has 0 unspecified atom stereocenters. The zero-order valence-corrected chi connectivity index (χ0v) is 15.0. The lowest BCUT2D eigenvalue weighted by Crippen LogP contribution is -2.37. The van der Waals surface area contributed by atoms with Crippen LogP contribution >= 0.6 is 27.3 Å². The van der Waals surface area contributed by atoms with Crippen molar-refractivity contribution in [3.8, 4) is 0 Å². The highest BCUT2D eigenvalue weighted by molar-refractivity contribution is 9.11. The maximum Gasteiger partial charge on any atom is 0.408 e. The molecule has 0 atom stereocenters. The van der Waals surface area contributed by atoms with Crippen LogP contribution in [0.2, 0.25) is 0 Å². The predicted octanol–water partition coefficient (Wildman–Crippen LogP) is 2.76. The SMILES string of the molecule is COC(=O)c1sc(Br)cc1NC(=O)CNC(=O)OC(C)(C)C. The minimum Gasteiger partial charge on any atom is -0.465 e. The van der Waals surface area contributed by atoms with Crippen molar-refractivity contribution in [3.05, 3.63) is 14.7 Å². The second-order valence-corrected chi connectivity index (χ2v) is 7.62. The van der Waals surface area contributed by atoms with Crippen LogP contribution in [0.4, 0.5) is 10.5 Å². The molecule has 7 nitrogen and oxygen atoms in total. The van der Waals surface area contributed by atoms with E-state index in [2.05, 4.69) is 31.3 Å². The lowest BCUT2D eigenvalue weighted by atomic mass is 10.2. The summed E-state index contributed by atoms with van der Waals surface area (Å²) in [4.78, 5) is 35.1. The van der Waals surface area contributed by atoms with Gasteiger partial charge in [-0.3, -0.25) is 4.79 Å². The fourth-order valence-electron chi connectivity index (χ4n) is 1.36. The van der Waals surface area contributed by atoms with Gasteiger partial charge in [0.25, 0.3) is 0 Å². The van der Waals surface area contributed by atoms with Crippen LogP contribution in [0.25, 0.3) is 0 Å². The molecule has 0 saturated carbocycles. The van der Waals surface area contributed by atoms with E-state index in [0.29, 0.717) is 9.47 Å². The first-order valence-electron chi connectivity index (χ1n) is 6.26. The number of rotatable bonds is 4. The Labute approximate surface area is 140 Å². The molecule has 1 aromatic heterocycles. The minimum absolute atomic E-state index is 0.264. The molecule has 22 heavy (non-hydrogen) atoms. The first-order chi connectivity index (χ1) is 10.1. The third-order valence-corrected chi connectivity index (χ3v) is 3.76. The number of anilines is 1. The van der Waals surface area contributed by atoms with Gasteiger partial charge in [-0.1, -0.05) is 0 Å². The molecule has 0 spiro atoms. The summed E-state index contributed by atoms with van der Waals surface area (Å²) in [5.74, 6) is -1.03. The summed E-state index contributed by atoms with van der Waals surface area (Å²) < 4.78 is 10.3. The molecule has 0 saturated heterocycles. The molecule has 0 bridgehead atoms. The summed E-state index contributed by atoms with van der Waals surface area (Å²) in [6, 6.07) is 1.59. The van der Waals surface area contributed by atoms with Crippen molar-refractivity contribution in [2.75, 3.05) is 19.0 Å². The Morgan fingerprint density at radius 3 is 2.50 bits per heavy atom. The van der Waals surface area contributed by atoms with Gasteiger partial charge < -0.3 is 20.1 Å². The lowest BCUT2D eigenvalue weighted by Gasteiger charge is -2.19. The van der Waals surface area contributed by atoms with Gasteiger partial charge in [0.15, 0.2) is 0 Å². The van der Waals surface area contributed by atoms with Gasteiger partial charge in [-0.2, -0.15) is 0 Å². The fraction of sp³-hybridized carbons (Fsp3) is 0.462. The molecule has 122 valence electrons. The second kappa shape index (κ2) is 7.59. The van der Waals surface area contributed by atoms with Gasteiger partial charge in [0.1, 0.15) is 17.0 Å². The van der Waals surface area contributed by atoms with Gasteiger partial charge in [0.05, 0.1) is 16.6 Å². The van der Waals surface area contributed by atoms with Gasteiger partial charge in [0.2, 0.25) is 5.91 Å². The molecule has 2 N–H and O–H groups in total. The molecular weight excluding hydrogens is 376 g/mol. The third kappa shape index (κ3) is 6.02. The van der Waals surface area contributed by atoms with Crippen LogP contribution in [0.15, 0.2) is 9.85 Å². The van der Waals surface area contributed by atoms with E-state index in [1.165, 1.54) is 7.11 Å². The van der Waals surface area contributed by atoms with Gasteiger partial charge >= 0.3 is 12.1 Å². The molecule has 9 heteroatoms. The first kappa shape index (κ1) is 18.4. The molecule has 2 amide bonds. The quantitative estimate of drug-likeness (QED) is 0.768. The number of hydrogen-bond donors (Lipinski definition) is 2. The fourth-order valence-corrected chi connectivity index (χ4v) is 2.83. The number of amides is 2. The summed E-state index contributed by atoms with van der Waals surface area (Å²) in [6.45, 7) is 4.89. The van der Waals surface area contributed by atoms with Crippen LogP contribution < -0.4 is 10.6 Å². The highest BCUT2D eigenvalue weighted by Gasteiger charge is 2.19. The maximum atomic E-state index is 11.8. The smallest absolute Gasteiger partial charge is 0.408 e. The van der Waals surface area contributed by atoms with E-state index in [0.717, 1.165) is 11.3 Å². The monoisotopic (exact) mass is 392 g/mol. The summed E-state index contributed by atoms with van der Waals surface area (Å²) >= 11 is 4.37. The van der Waals surface area contributed by atoms with E-state index in [-0.39, 0.29) is 11.4 Å². The number of thiophene rings is 1. The van der Waals surface area contributed by atoms with E-state index < -0.39 is 23.6 Å². The van der Waals surface area contributed by atoms with E-state index in [9.17, 15) is 14.4 Å². The number of ether oxygens (including phenoxy) is 2. The molecule has 1 heterocycles. The molecule has 0 aliphatic heterocycles. The molecule has 1 rings (SSSR count). The number of esters is 1. The van der Waals surface area contributed by atoms with Crippen molar-refractivity contribution < 1.29 is 23.9 Å². The van der Waals surface area contributed by atoms with E-state index in [1.807, 2.05) is 0 Å². The van der Waals surface area contributed by atoms with Crippen LogP contribution in [0.3, 0.4) is 0 Å². The maximum absolute atomic E-state index is 11.8. The number of methoxy groups -OCH3 is 1. The number of nitrogens with one attached hydrogen (secondary N) is 2. The number of alkyl carbamates (subject to hydrolysis) is 1. The van der Waals surface area contributed by atoms with E-state index in [4.69, 9.17) is 4.74 Å². The molecule has 0 radical (unpaired) electrons. The largest absolute Gasteiger partial charge is 0.465 e. The number of carbonyl (C=O) groups is 3. The number of hydrogen-bond acceptors (Lipinski definition) is 6. The molecule has 0 fully saturated rings. The predicted molar refractivity (Wildman–Crippen MR) is 86.2 cm³/mol. The first-order valence-corrected chi connectivity index (χ1v) is 7.87. The van der Waals surface area contributed by atoms with Crippen LogP contribution in [0.5, 0.6) is 0 Å². The third-order valence-electron chi connectivity index (χ3n) is 2.14. The average molecular weight is 393 g/mol. The second-order valence-electron chi connectivity index (χ2n) is 5.19. The molecule has 0 aliphatic rings. The van der Waals surface area contributed by atoms with E-state index >= 15 is 0 Å². The van der Waals surface area contributed by atoms with Crippen molar-refractivity contribution in [2.24, 2.45) is 0 Å². The standard InChI is InChI=1S/C13H17BrN2O5S/c1-13(2,3)21-12(19)15-6-9(17)16-7-5-8(14)22-10(7)11(18)20-4/h5H,6H2,1-4H3,(H,15,19)(H,16,17). The summed E-state index contributed by atoms with van der Waals surface area (Å²) in [5, 5.41) is 4.87. The van der Waals surface area contributed by atoms with Crippen molar-refractivity contribution in [1.29, 1.82) is 0 Å². The Morgan fingerprint density at radius 2 is 1.95 bits per heavy atom. The normalized spacial score (nSPS) is 10.8. The van der Waals surface area contributed by atoms with Crippen molar-refractivity contribution in [3.63, 3.8) is 0 Å². The Morgan fingerprint density at radius 1 is 1.32 bits per heavy atom. The van der Waals surface area contributed by atoms with Crippen molar-refractivity contribution in [1.82, 2.24) is 5.32 Å². The van der Waals surface area contributed by atoms with Gasteiger partial charge in [-0.25, -0.2) is 9.59 Å². The van der Waals surface area contributed by atoms with E-state index in [1.54, 1.807) is 26.8 Å². The van der Waals surface area contributed by atoms with Gasteiger partial charge in [0, 0.05) is 0 Å². The molecule has 1 aromatic rings. The number of halogens is 1. The highest BCUT2D eigenvalue weighted by atomic mass is 79.9. The Hall–Kier alpha value is -1.61. The van der Waals surface area contributed by atoms with Crippen LogP contribution in [0, 0.1) is 0 Å². The molecular formula is C13H17BrN2O5S. The number of carbonyl (C=O) groups excluding carboxylic acids is 3. The topological polar surface area (TPSA) is 93.7 Å². The summed E-state index contributed by atoms with van der Waals surface area (Å²) in [5.41, 5.74) is -0.323. The van der Waals surface area contributed by atoms with Gasteiger partial charge in [-0.15, -0.1) is 11.3 Å². The van der Waals surface area contributed by atoms with Crippen LogP contribution in [0.1, 0.15) is 30.4 Å². The Bertz CT molecular complexity index is 579. The van der Waals surface area contributed by atoms with Crippen LogP contribution in [-0.2, 0) is 14.3 Å². The minimum atomic E-state index is -0.692. The lowest BCUT2D eigenvalue weighted by molar-refractivity contribution is -0.115. The van der Waals surface area contributed by atoms with Crippen LogP contribution in [-0.4, -0.2) is 37.2 Å². The summed E-state index contributed by atoms with van der Waals surface area (Å²) in [7, 11) is 1.26. The van der Waals surface area contributed by atoms with Gasteiger partial charge in [-0.05, 0) is 42.8 Å². The van der Waals surface area contributed by atoms with Crippen molar-refractivity contribution in [2.45, 2.75) is 26.4 Å². The molecule has 0 aliphatic carbocycles. The molecule has 0 aromatic carbocycles. The zero-order valence-electron chi connectivity index (χ0n) is 12.6. The van der Waals surface area contributed by atoms with Crippen molar-refractivity contribution >= 4 is 50.9 Å². The average Bonchev–Trinajstić information content (AvgIpc) is 2.74. The Kier molecular flexibility index (Phi) is 6.36. The Balaban J connectivity index is 2.59. The summed E-state index contributed by atoms with van der Waals surface area (Å²) in [6.07, 6.45) is -0.692. The zero-order chi connectivity index (χ0) is 16.9. The highest BCUT2D eigenvalue weighted by Crippen LogP contribution is 2.31.